The first-order valence-electron chi connectivity index (χ1n) is 4.73. The Morgan fingerprint density at radius 1 is 1.47 bits per heavy atom. The van der Waals surface area contributed by atoms with Crippen molar-refractivity contribution in [3.05, 3.63) is 42.0 Å². The zero-order valence-electron chi connectivity index (χ0n) is 8.41. The van der Waals surface area contributed by atoms with Gasteiger partial charge >= 0.3 is 0 Å². The molecule has 78 valence electrons. The molecule has 0 aromatic carbocycles. The van der Waals surface area contributed by atoms with E-state index in [9.17, 15) is 5.11 Å². The molecule has 0 saturated carbocycles. The van der Waals surface area contributed by atoms with E-state index >= 15 is 0 Å². The van der Waals surface area contributed by atoms with Crippen molar-refractivity contribution in [3.63, 3.8) is 0 Å². The minimum atomic E-state index is -0.581. The van der Waals surface area contributed by atoms with Gasteiger partial charge in [0.2, 0.25) is 0 Å². The first-order valence-corrected chi connectivity index (χ1v) is 4.73. The van der Waals surface area contributed by atoms with E-state index in [4.69, 9.17) is 0 Å². The molecule has 0 spiro atoms. The van der Waals surface area contributed by atoms with Crippen molar-refractivity contribution >= 4 is 0 Å². The molecule has 15 heavy (non-hydrogen) atoms. The maximum atomic E-state index is 9.27. The van der Waals surface area contributed by atoms with Crippen LogP contribution in [-0.2, 0) is 6.54 Å². The van der Waals surface area contributed by atoms with E-state index < -0.39 is 6.10 Å². The van der Waals surface area contributed by atoms with Crippen LogP contribution in [0.4, 0.5) is 0 Å². The van der Waals surface area contributed by atoms with Crippen molar-refractivity contribution in [2.24, 2.45) is 0 Å². The van der Waals surface area contributed by atoms with Gasteiger partial charge < -0.3 is 5.11 Å². The van der Waals surface area contributed by atoms with Gasteiger partial charge in [-0.1, -0.05) is 11.3 Å². The summed E-state index contributed by atoms with van der Waals surface area (Å²) in [7, 11) is 0. The molecule has 0 aliphatic heterocycles. The molecule has 2 aromatic heterocycles. The fraction of sp³-hybridized carbons (Fsp3) is 0.300. The lowest BCUT2D eigenvalue weighted by atomic mass is 10.3. The summed E-state index contributed by atoms with van der Waals surface area (Å²) in [6, 6.07) is 5.71. The Bertz CT molecular complexity index is 424. The van der Waals surface area contributed by atoms with Gasteiger partial charge in [-0.2, -0.15) is 0 Å². The van der Waals surface area contributed by atoms with Gasteiger partial charge in [0.05, 0.1) is 24.5 Å². The molecule has 0 radical (unpaired) electrons. The van der Waals surface area contributed by atoms with Gasteiger partial charge in [0.25, 0.3) is 0 Å². The van der Waals surface area contributed by atoms with Gasteiger partial charge in [0, 0.05) is 6.20 Å². The third-order valence-electron chi connectivity index (χ3n) is 2.03. The van der Waals surface area contributed by atoms with Crippen LogP contribution in [-0.4, -0.2) is 25.1 Å². The zero-order valence-corrected chi connectivity index (χ0v) is 8.41. The normalized spacial score (nSPS) is 12.7. The highest BCUT2D eigenvalue weighted by Gasteiger charge is 2.06. The predicted molar refractivity (Wildman–Crippen MR) is 54.0 cm³/mol. The molecule has 0 saturated heterocycles. The smallest absolute Gasteiger partial charge is 0.111 e. The maximum absolute atomic E-state index is 9.27. The lowest BCUT2D eigenvalue weighted by Crippen LogP contribution is -2.01. The van der Waals surface area contributed by atoms with E-state index in [0.717, 1.165) is 5.69 Å². The lowest BCUT2D eigenvalue weighted by molar-refractivity contribution is 0.194. The van der Waals surface area contributed by atoms with Gasteiger partial charge in [0.1, 0.15) is 5.69 Å². The van der Waals surface area contributed by atoms with Gasteiger partial charge in [-0.15, -0.1) is 5.10 Å². The number of aliphatic hydroxyl groups excluding tert-OH is 1. The van der Waals surface area contributed by atoms with Crippen molar-refractivity contribution in [2.75, 3.05) is 0 Å². The second-order valence-corrected chi connectivity index (χ2v) is 3.34. The van der Waals surface area contributed by atoms with E-state index in [-0.39, 0.29) is 0 Å². The topological polar surface area (TPSA) is 63.8 Å². The lowest BCUT2D eigenvalue weighted by Gasteiger charge is -1.98. The van der Waals surface area contributed by atoms with Crippen LogP contribution in [0.15, 0.2) is 30.6 Å². The Morgan fingerprint density at radius 3 is 2.93 bits per heavy atom. The minimum Gasteiger partial charge on any atom is -0.387 e. The fourth-order valence-corrected chi connectivity index (χ4v) is 1.24. The number of nitrogens with zero attached hydrogens (tertiary/aromatic N) is 4. The largest absolute Gasteiger partial charge is 0.387 e. The van der Waals surface area contributed by atoms with Crippen LogP contribution in [0.2, 0.25) is 0 Å². The molecule has 1 atom stereocenters. The number of aliphatic hydroxyl groups is 1. The highest BCUT2D eigenvalue weighted by atomic mass is 16.3. The van der Waals surface area contributed by atoms with E-state index in [1.807, 2.05) is 18.2 Å². The maximum Gasteiger partial charge on any atom is 0.111 e. The molecule has 0 fully saturated rings. The highest BCUT2D eigenvalue weighted by molar-refractivity contribution is 5.04. The molecule has 2 heterocycles. The average molecular weight is 204 g/mol. The van der Waals surface area contributed by atoms with Crippen LogP contribution < -0.4 is 0 Å². The molecule has 0 bridgehead atoms. The van der Waals surface area contributed by atoms with Crippen LogP contribution in [0.25, 0.3) is 0 Å². The van der Waals surface area contributed by atoms with Crippen LogP contribution in [0.1, 0.15) is 24.4 Å². The molecular formula is C10H12N4O. The van der Waals surface area contributed by atoms with Crippen molar-refractivity contribution in [3.8, 4) is 0 Å². The molecule has 5 heteroatoms. The Labute approximate surface area is 87.4 Å². The number of pyridine rings is 1. The quantitative estimate of drug-likeness (QED) is 0.802. The summed E-state index contributed by atoms with van der Waals surface area (Å²) in [6.45, 7) is 2.23. The van der Waals surface area contributed by atoms with E-state index in [1.165, 1.54) is 0 Å². The molecule has 0 amide bonds. The Morgan fingerprint density at radius 2 is 2.33 bits per heavy atom. The Kier molecular flexibility index (Phi) is 2.73. The molecule has 1 N–H and O–H groups in total. The number of hydrogen-bond acceptors (Lipinski definition) is 4. The molecule has 2 rings (SSSR count). The van der Waals surface area contributed by atoms with Crippen molar-refractivity contribution in [1.29, 1.82) is 0 Å². The summed E-state index contributed by atoms with van der Waals surface area (Å²) in [5.41, 5.74) is 1.49. The van der Waals surface area contributed by atoms with Crippen LogP contribution in [0.3, 0.4) is 0 Å². The molecule has 0 aliphatic rings. The minimum absolute atomic E-state index is 0.570. The first-order chi connectivity index (χ1) is 7.25. The van der Waals surface area contributed by atoms with Gasteiger partial charge in [-0.25, -0.2) is 4.68 Å². The molecule has 0 aliphatic carbocycles. The second kappa shape index (κ2) is 4.18. The highest BCUT2D eigenvalue weighted by Crippen LogP contribution is 2.07. The van der Waals surface area contributed by atoms with Crippen molar-refractivity contribution in [2.45, 2.75) is 19.6 Å². The SMILES string of the molecule is CC(O)c1cn(Cc2ccccn2)nn1. The van der Waals surface area contributed by atoms with Crippen molar-refractivity contribution < 1.29 is 5.11 Å². The second-order valence-electron chi connectivity index (χ2n) is 3.34. The van der Waals surface area contributed by atoms with Crippen LogP contribution in [0, 0.1) is 0 Å². The predicted octanol–water partition coefficient (Wildman–Crippen LogP) is 0.775. The number of aromatic nitrogens is 4. The van der Waals surface area contributed by atoms with E-state index in [1.54, 1.807) is 24.0 Å². The summed E-state index contributed by atoms with van der Waals surface area (Å²) in [4.78, 5) is 4.18. The zero-order chi connectivity index (χ0) is 10.7. The van der Waals surface area contributed by atoms with Gasteiger partial charge in [0.15, 0.2) is 0 Å². The standard InChI is InChI=1S/C10H12N4O/c1-8(15)10-7-14(13-12-10)6-9-4-2-3-5-11-9/h2-5,7-8,15H,6H2,1H3. The Balaban J connectivity index is 2.12. The van der Waals surface area contributed by atoms with E-state index in [0.29, 0.717) is 12.2 Å². The summed E-state index contributed by atoms with van der Waals surface area (Å²) in [5, 5.41) is 17.0. The molecule has 5 nitrogen and oxygen atoms in total. The molecule has 2 aromatic rings. The third kappa shape index (κ3) is 2.38. The number of hydrogen-bond donors (Lipinski definition) is 1. The van der Waals surface area contributed by atoms with Crippen LogP contribution >= 0.6 is 0 Å². The average Bonchev–Trinajstić information content (AvgIpc) is 2.68. The molecular weight excluding hydrogens is 192 g/mol. The summed E-state index contributed by atoms with van der Waals surface area (Å²) in [5.74, 6) is 0. The summed E-state index contributed by atoms with van der Waals surface area (Å²) in [6.07, 6.45) is 2.88. The first kappa shape index (κ1) is 9.79. The fourth-order valence-electron chi connectivity index (χ4n) is 1.24. The Hall–Kier alpha value is -1.75. The van der Waals surface area contributed by atoms with Crippen LogP contribution in [0.5, 0.6) is 0 Å². The number of rotatable bonds is 3. The van der Waals surface area contributed by atoms with Gasteiger partial charge in [-0.05, 0) is 19.1 Å². The van der Waals surface area contributed by atoms with Crippen molar-refractivity contribution in [1.82, 2.24) is 20.0 Å². The molecule has 1 unspecified atom stereocenters. The van der Waals surface area contributed by atoms with Gasteiger partial charge in [-0.3, -0.25) is 4.98 Å². The van der Waals surface area contributed by atoms with E-state index in [2.05, 4.69) is 15.3 Å². The monoisotopic (exact) mass is 204 g/mol. The summed E-state index contributed by atoms with van der Waals surface area (Å²) < 4.78 is 1.66. The summed E-state index contributed by atoms with van der Waals surface area (Å²) >= 11 is 0. The third-order valence-corrected chi connectivity index (χ3v) is 2.03.